The van der Waals surface area contributed by atoms with Crippen molar-refractivity contribution in [3.8, 4) is 0 Å². The molecule has 2 aromatic rings. The zero-order valence-electron chi connectivity index (χ0n) is 14.4. The molecule has 4 heteroatoms. The van der Waals surface area contributed by atoms with Gasteiger partial charge in [-0.3, -0.25) is 0 Å². The van der Waals surface area contributed by atoms with Gasteiger partial charge >= 0.3 is 6.18 Å². The van der Waals surface area contributed by atoms with Crippen LogP contribution in [-0.4, -0.2) is 5.11 Å². The van der Waals surface area contributed by atoms with Crippen molar-refractivity contribution in [2.24, 2.45) is 0 Å². The number of halogens is 3. The molecule has 0 aliphatic rings. The van der Waals surface area contributed by atoms with E-state index in [1.807, 2.05) is 36.4 Å². The summed E-state index contributed by atoms with van der Waals surface area (Å²) in [6.45, 7) is 4.11. The number of allylic oxidation sites excluding steroid dienone is 1. The molecule has 0 bridgehead atoms. The maximum atomic E-state index is 12.7. The number of aliphatic hydroxyl groups excluding tert-OH is 1. The minimum atomic E-state index is -4.38. The van der Waals surface area contributed by atoms with E-state index < -0.39 is 17.8 Å². The lowest BCUT2D eigenvalue weighted by atomic mass is 9.86. The summed E-state index contributed by atoms with van der Waals surface area (Å²) in [7, 11) is 0. The molecular weight excluding hydrogens is 325 g/mol. The second-order valence-corrected chi connectivity index (χ2v) is 6.03. The Morgan fingerprint density at radius 3 is 1.96 bits per heavy atom. The Morgan fingerprint density at radius 2 is 1.48 bits per heavy atom. The van der Waals surface area contributed by atoms with Crippen LogP contribution in [0, 0.1) is 0 Å². The van der Waals surface area contributed by atoms with Crippen molar-refractivity contribution >= 4 is 0 Å². The highest BCUT2D eigenvalue weighted by Gasteiger charge is 2.30. The number of hydrogen-bond donors (Lipinski definition) is 1. The van der Waals surface area contributed by atoms with E-state index in [2.05, 4.69) is 13.8 Å². The Kier molecular flexibility index (Phi) is 6.43. The van der Waals surface area contributed by atoms with Crippen LogP contribution in [0.5, 0.6) is 0 Å². The third-order valence-electron chi connectivity index (χ3n) is 4.43. The van der Waals surface area contributed by atoms with Crippen molar-refractivity contribution in [3.63, 3.8) is 0 Å². The van der Waals surface area contributed by atoms with Gasteiger partial charge in [0.15, 0.2) is 0 Å². The Hall–Kier alpha value is -2.07. The zero-order valence-corrected chi connectivity index (χ0v) is 14.4. The largest absolute Gasteiger partial charge is 0.416 e. The molecule has 0 saturated carbocycles. The third kappa shape index (κ3) is 4.95. The molecular formula is C21H23F3O. The first-order valence-corrected chi connectivity index (χ1v) is 8.46. The molecule has 0 aliphatic heterocycles. The SMILES string of the molecule is CCC(=C[C@@H](c1ccccc1)[C@@H](O)c1ccc(C(F)(F)F)cc1)CC. The summed E-state index contributed by atoms with van der Waals surface area (Å²) < 4.78 is 38.2. The fraction of sp³-hybridized carbons (Fsp3) is 0.333. The van der Waals surface area contributed by atoms with Crippen molar-refractivity contribution in [3.05, 3.63) is 82.9 Å². The molecule has 134 valence electrons. The van der Waals surface area contributed by atoms with Crippen LogP contribution < -0.4 is 0 Å². The average Bonchev–Trinajstić information content (AvgIpc) is 2.62. The molecule has 2 aromatic carbocycles. The van der Waals surface area contributed by atoms with E-state index in [-0.39, 0.29) is 5.92 Å². The van der Waals surface area contributed by atoms with Crippen molar-refractivity contribution < 1.29 is 18.3 Å². The van der Waals surface area contributed by atoms with Gasteiger partial charge in [-0.1, -0.05) is 68.0 Å². The van der Waals surface area contributed by atoms with Crippen molar-refractivity contribution in [2.45, 2.75) is 44.9 Å². The molecule has 0 aromatic heterocycles. The van der Waals surface area contributed by atoms with E-state index >= 15 is 0 Å². The van der Waals surface area contributed by atoms with E-state index in [4.69, 9.17) is 0 Å². The summed E-state index contributed by atoms with van der Waals surface area (Å²) in [5, 5.41) is 10.8. The molecule has 0 saturated heterocycles. The van der Waals surface area contributed by atoms with Crippen LogP contribution in [-0.2, 0) is 6.18 Å². The summed E-state index contributed by atoms with van der Waals surface area (Å²) in [6.07, 6.45) is -1.49. The number of alkyl halides is 3. The predicted octanol–water partition coefficient (Wildman–Crippen LogP) is 6.27. The monoisotopic (exact) mass is 348 g/mol. The van der Waals surface area contributed by atoms with Crippen LogP contribution in [0.2, 0.25) is 0 Å². The maximum absolute atomic E-state index is 12.7. The van der Waals surface area contributed by atoms with Gasteiger partial charge in [0.2, 0.25) is 0 Å². The van der Waals surface area contributed by atoms with Gasteiger partial charge in [-0.2, -0.15) is 13.2 Å². The summed E-state index contributed by atoms with van der Waals surface area (Å²) in [5.74, 6) is -0.298. The first-order valence-electron chi connectivity index (χ1n) is 8.46. The lowest BCUT2D eigenvalue weighted by Crippen LogP contribution is -2.11. The molecule has 0 spiro atoms. The molecule has 2 rings (SSSR count). The average molecular weight is 348 g/mol. The van der Waals surface area contributed by atoms with Crippen LogP contribution in [0.3, 0.4) is 0 Å². The topological polar surface area (TPSA) is 20.2 Å². The fourth-order valence-electron chi connectivity index (χ4n) is 2.86. The maximum Gasteiger partial charge on any atom is 0.416 e. The number of aliphatic hydroxyl groups is 1. The Bertz CT molecular complexity index is 681. The van der Waals surface area contributed by atoms with Gasteiger partial charge in [-0.25, -0.2) is 0 Å². The predicted molar refractivity (Wildman–Crippen MR) is 94.3 cm³/mol. The molecule has 25 heavy (non-hydrogen) atoms. The molecule has 1 N–H and O–H groups in total. The van der Waals surface area contributed by atoms with Gasteiger partial charge < -0.3 is 5.11 Å². The van der Waals surface area contributed by atoms with E-state index in [1.165, 1.54) is 17.7 Å². The van der Waals surface area contributed by atoms with Crippen LogP contribution in [0.1, 0.15) is 55.4 Å². The van der Waals surface area contributed by atoms with Crippen LogP contribution >= 0.6 is 0 Å². The number of hydrogen-bond acceptors (Lipinski definition) is 1. The van der Waals surface area contributed by atoms with Crippen molar-refractivity contribution in [1.29, 1.82) is 0 Å². The first-order chi connectivity index (χ1) is 11.9. The Balaban J connectivity index is 2.38. The zero-order chi connectivity index (χ0) is 18.4. The highest BCUT2D eigenvalue weighted by atomic mass is 19.4. The van der Waals surface area contributed by atoms with E-state index in [0.29, 0.717) is 5.56 Å². The molecule has 2 atom stereocenters. The standard InChI is InChI=1S/C21H23F3O/c1-3-15(4-2)14-19(16-8-6-5-7-9-16)20(25)17-10-12-18(13-11-17)21(22,23)24/h5-14,19-20,25H,3-4H2,1-2H3/t19-,20-/m0/s1. The minimum Gasteiger partial charge on any atom is -0.387 e. The number of rotatable bonds is 6. The summed E-state index contributed by atoms with van der Waals surface area (Å²) in [4.78, 5) is 0. The quantitative estimate of drug-likeness (QED) is 0.610. The highest BCUT2D eigenvalue weighted by molar-refractivity contribution is 5.33. The smallest absolute Gasteiger partial charge is 0.387 e. The Labute approximate surface area is 146 Å². The third-order valence-corrected chi connectivity index (χ3v) is 4.43. The highest BCUT2D eigenvalue weighted by Crippen LogP contribution is 2.35. The molecule has 0 aliphatic carbocycles. The van der Waals surface area contributed by atoms with Gasteiger partial charge in [0.25, 0.3) is 0 Å². The van der Waals surface area contributed by atoms with Gasteiger partial charge in [-0.15, -0.1) is 0 Å². The van der Waals surface area contributed by atoms with Crippen LogP contribution in [0.15, 0.2) is 66.2 Å². The van der Waals surface area contributed by atoms with Gasteiger partial charge in [0.05, 0.1) is 11.7 Å². The molecule has 0 unspecified atom stereocenters. The van der Waals surface area contributed by atoms with Crippen LogP contribution in [0.4, 0.5) is 13.2 Å². The van der Waals surface area contributed by atoms with Gasteiger partial charge in [0, 0.05) is 5.92 Å². The molecule has 0 fully saturated rings. The van der Waals surface area contributed by atoms with E-state index in [1.54, 1.807) is 0 Å². The lowest BCUT2D eigenvalue weighted by Gasteiger charge is -2.23. The molecule has 0 radical (unpaired) electrons. The first kappa shape index (κ1) is 19.3. The second kappa shape index (κ2) is 8.34. The van der Waals surface area contributed by atoms with Crippen LogP contribution in [0.25, 0.3) is 0 Å². The second-order valence-electron chi connectivity index (χ2n) is 6.03. The summed E-state index contributed by atoms with van der Waals surface area (Å²) >= 11 is 0. The summed E-state index contributed by atoms with van der Waals surface area (Å²) in [6, 6.07) is 14.3. The Morgan fingerprint density at radius 1 is 0.920 bits per heavy atom. The van der Waals surface area contributed by atoms with Crippen molar-refractivity contribution in [2.75, 3.05) is 0 Å². The lowest BCUT2D eigenvalue weighted by molar-refractivity contribution is -0.137. The van der Waals surface area contributed by atoms with E-state index in [0.717, 1.165) is 30.5 Å². The molecule has 0 amide bonds. The number of benzene rings is 2. The minimum absolute atomic E-state index is 0.298. The molecule has 0 heterocycles. The van der Waals surface area contributed by atoms with Crippen molar-refractivity contribution in [1.82, 2.24) is 0 Å². The van der Waals surface area contributed by atoms with Gasteiger partial charge in [0.1, 0.15) is 0 Å². The fourth-order valence-corrected chi connectivity index (χ4v) is 2.86. The van der Waals surface area contributed by atoms with E-state index in [9.17, 15) is 18.3 Å². The normalized spacial score (nSPS) is 14.0. The van der Waals surface area contributed by atoms with Gasteiger partial charge in [-0.05, 0) is 36.1 Å². The molecule has 1 nitrogen and oxygen atoms in total. The summed E-state index contributed by atoms with van der Waals surface area (Å²) in [5.41, 5.74) is 1.91.